The highest BCUT2D eigenvalue weighted by atomic mass is 19.1. The molecule has 1 aliphatic rings. The number of nitrogens with zero attached hydrogens (tertiary/aromatic N) is 1. The first-order chi connectivity index (χ1) is 9.49. The summed E-state index contributed by atoms with van der Waals surface area (Å²) >= 11 is 0. The maximum Gasteiger partial charge on any atom is 0.190 e. The number of piperidine rings is 1. The Balaban J connectivity index is 2.07. The highest BCUT2D eigenvalue weighted by Crippen LogP contribution is 2.24. The molecule has 0 spiro atoms. The largest absolute Gasteiger partial charge is 0.486 e. The molecule has 4 nitrogen and oxygen atoms in total. The lowest BCUT2D eigenvalue weighted by molar-refractivity contribution is 0.120. The average molecular weight is 283 g/mol. The summed E-state index contributed by atoms with van der Waals surface area (Å²) in [4.78, 5) is 2.14. The highest BCUT2D eigenvalue weighted by molar-refractivity contribution is 5.95. The third-order valence-corrected chi connectivity index (χ3v) is 3.65. The van der Waals surface area contributed by atoms with Gasteiger partial charge in [-0.2, -0.15) is 0 Å². The molecule has 0 bridgehead atoms. The van der Waals surface area contributed by atoms with Crippen LogP contribution >= 0.6 is 0 Å². The lowest BCUT2D eigenvalue weighted by Crippen LogP contribution is -2.40. The zero-order valence-electron chi connectivity index (χ0n) is 11.5. The van der Waals surface area contributed by atoms with E-state index in [1.54, 1.807) is 0 Å². The molecule has 0 amide bonds. The molecular weight excluding hydrogens is 264 g/mol. The van der Waals surface area contributed by atoms with Crippen LogP contribution in [-0.2, 0) is 0 Å². The molecule has 1 heterocycles. The molecule has 1 aromatic rings. The highest BCUT2D eigenvalue weighted by Gasteiger charge is 2.21. The average Bonchev–Trinajstić information content (AvgIpc) is 2.39. The van der Waals surface area contributed by atoms with Crippen molar-refractivity contribution in [1.29, 1.82) is 5.41 Å². The van der Waals surface area contributed by atoms with E-state index in [9.17, 15) is 8.78 Å². The Morgan fingerprint density at radius 1 is 1.40 bits per heavy atom. The zero-order valence-corrected chi connectivity index (χ0v) is 11.5. The maximum absolute atomic E-state index is 13.8. The number of benzene rings is 1. The van der Waals surface area contributed by atoms with E-state index in [1.807, 2.05) is 7.05 Å². The Hall–Kier alpha value is -1.69. The number of ether oxygens (including phenoxy) is 1. The van der Waals surface area contributed by atoms with Crippen molar-refractivity contribution in [2.75, 3.05) is 20.2 Å². The summed E-state index contributed by atoms with van der Waals surface area (Å²) in [6, 6.07) is 2.21. The second kappa shape index (κ2) is 6.17. The van der Waals surface area contributed by atoms with Gasteiger partial charge in [-0.05, 0) is 38.6 Å². The topological polar surface area (TPSA) is 62.3 Å². The first kappa shape index (κ1) is 14.7. The second-order valence-corrected chi connectivity index (χ2v) is 5.12. The predicted octanol–water partition coefficient (Wildman–Crippen LogP) is 2.11. The number of hydrogen-bond acceptors (Lipinski definition) is 3. The summed E-state index contributed by atoms with van der Waals surface area (Å²) < 4.78 is 32.9. The summed E-state index contributed by atoms with van der Waals surface area (Å²) in [5.74, 6) is -2.42. The van der Waals surface area contributed by atoms with Crippen molar-refractivity contribution < 1.29 is 13.5 Å². The van der Waals surface area contributed by atoms with Crippen molar-refractivity contribution in [3.05, 3.63) is 29.3 Å². The standard InChI is InChI=1S/C14H19F2N3O/c1-19-5-3-2-4-10(19)8-20-13-11(15)6-9(14(17)18)7-12(13)16/h6-7,10H,2-5,8H2,1H3,(H3,17,18). The summed E-state index contributed by atoms with van der Waals surface area (Å²) in [5, 5.41) is 7.18. The third kappa shape index (κ3) is 3.25. The van der Waals surface area contributed by atoms with Gasteiger partial charge in [0, 0.05) is 11.6 Å². The summed E-state index contributed by atoms with van der Waals surface area (Å²) in [7, 11) is 1.98. The van der Waals surface area contributed by atoms with Gasteiger partial charge >= 0.3 is 0 Å². The van der Waals surface area contributed by atoms with Crippen molar-refractivity contribution in [2.24, 2.45) is 5.73 Å². The molecule has 0 radical (unpaired) electrons. The maximum atomic E-state index is 13.8. The number of amidine groups is 1. The van der Waals surface area contributed by atoms with Crippen LogP contribution in [0, 0.1) is 17.0 Å². The van der Waals surface area contributed by atoms with Gasteiger partial charge in [0.15, 0.2) is 17.4 Å². The quantitative estimate of drug-likeness (QED) is 0.657. The molecule has 1 aromatic carbocycles. The molecule has 0 saturated carbocycles. The molecule has 2 rings (SSSR count). The number of halogens is 2. The first-order valence-electron chi connectivity index (χ1n) is 6.65. The molecule has 1 aliphatic heterocycles. The van der Waals surface area contributed by atoms with E-state index in [1.165, 1.54) is 0 Å². The van der Waals surface area contributed by atoms with Gasteiger partial charge in [-0.15, -0.1) is 0 Å². The summed E-state index contributed by atoms with van der Waals surface area (Å²) in [6.07, 6.45) is 3.21. The van der Waals surface area contributed by atoms with Gasteiger partial charge in [-0.3, -0.25) is 5.41 Å². The Labute approximate surface area is 117 Å². The van der Waals surface area contributed by atoms with E-state index in [0.717, 1.165) is 37.9 Å². The van der Waals surface area contributed by atoms with E-state index in [4.69, 9.17) is 15.9 Å². The zero-order chi connectivity index (χ0) is 14.7. The van der Waals surface area contributed by atoms with Crippen molar-refractivity contribution in [3.8, 4) is 5.75 Å². The normalized spacial score (nSPS) is 19.9. The molecule has 20 heavy (non-hydrogen) atoms. The van der Waals surface area contributed by atoms with Crippen LogP contribution in [-0.4, -0.2) is 37.0 Å². The van der Waals surface area contributed by atoms with E-state index < -0.39 is 17.4 Å². The summed E-state index contributed by atoms with van der Waals surface area (Å²) in [6.45, 7) is 1.23. The lowest BCUT2D eigenvalue weighted by atomic mass is 10.0. The van der Waals surface area contributed by atoms with Gasteiger partial charge in [-0.25, -0.2) is 8.78 Å². The Kier molecular flexibility index (Phi) is 4.54. The minimum atomic E-state index is -0.825. The smallest absolute Gasteiger partial charge is 0.190 e. The van der Waals surface area contributed by atoms with Gasteiger partial charge in [0.05, 0.1) is 0 Å². The van der Waals surface area contributed by atoms with E-state index in [0.29, 0.717) is 0 Å². The van der Waals surface area contributed by atoms with Crippen molar-refractivity contribution in [2.45, 2.75) is 25.3 Å². The molecule has 6 heteroatoms. The fourth-order valence-electron chi connectivity index (χ4n) is 2.39. The Morgan fingerprint density at radius 3 is 2.60 bits per heavy atom. The number of nitrogens with one attached hydrogen (secondary N) is 1. The van der Waals surface area contributed by atoms with Crippen molar-refractivity contribution in [3.63, 3.8) is 0 Å². The van der Waals surface area contributed by atoms with Crippen LogP contribution in [0.3, 0.4) is 0 Å². The van der Waals surface area contributed by atoms with E-state index in [-0.39, 0.29) is 24.0 Å². The van der Waals surface area contributed by atoms with Crippen LogP contribution in [0.1, 0.15) is 24.8 Å². The molecular formula is C14H19F2N3O. The van der Waals surface area contributed by atoms with Crippen LogP contribution < -0.4 is 10.5 Å². The van der Waals surface area contributed by atoms with Crippen LogP contribution in [0.2, 0.25) is 0 Å². The fraction of sp³-hybridized carbons (Fsp3) is 0.500. The van der Waals surface area contributed by atoms with Gasteiger partial charge < -0.3 is 15.4 Å². The molecule has 1 unspecified atom stereocenters. The number of nitrogen functional groups attached to an aromatic ring is 1. The molecule has 1 fully saturated rings. The van der Waals surface area contributed by atoms with Crippen LogP contribution in [0.4, 0.5) is 8.78 Å². The van der Waals surface area contributed by atoms with Crippen LogP contribution in [0.5, 0.6) is 5.75 Å². The number of rotatable bonds is 4. The SMILES string of the molecule is CN1CCCCC1COc1c(F)cc(C(=N)N)cc1F. The molecule has 0 aromatic heterocycles. The number of hydrogen-bond donors (Lipinski definition) is 2. The molecule has 1 saturated heterocycles. The minimum absolute atomic E-state index is 0.0159. The molecule has 110 valence electrons. The van der Waals surface area contributed by atoms with Gasteiger partial charge in [0.2, 0.25) is 0 Å². The monoisotopic (exact) mass is 283 g/mol. The first-order valence-corrected chi connectivity index (χ1v) is 6.65. The lowest BCUT2D eigenvalue weighted by Gasteiger charge is -2.32. The minimum Gasteiger partial charge on any atom is -0.486 e. The van der Waals surface area contributed by atoms with Crippen molar-refractivity contribution >= 4 is 5.84 Å². The van der Waals surface area contributed by atoms with E-state index >= 15 is 0 Å². The summed E-state index contributed by atoms with van der Waals surface area (Å²) in [5.41, 5.74) is 5.23. The fourth-order valence-corrected chi connectivity index (χ4v) is 2.39. The van der Waals surface area contributed by atoms with Gasteiger partial charge in [0.1, 0.15) is 12.4 Å². The number of likely N-dealkylation sites (tertiary alicyclic amines) is 1. The van der Waals surface area contributed by atoms with Crippen molar-refractivity contribution in [1.82, 2.24) is 4.90 Å². The van der Waals surface area contributed by atoms with Gasteiger partial charge in [0.25, 0.3) is 0 Å². The second-order valence-electron chi connectivity index (χ2n) is 5.12. The molecule has 0 aliphatic carbocycles. The van der Waals surface area contributed by atoms with Crippen LogP contribution in [0.15, 0.2) is 12.1 Å². The molecule has 3 N–H and O–H groups in total. The third-order valence-electron chi connectivity index (χ3n) is 3.65. The van der Waals surface area contributed by atoms with Gasteiger partial charge in [-0.1, -0.05) is 6.42 Å². The number of likely N-dealkylation sites (N-methyl/N-ethyl adjacent to an activating group) is 1. The Bertz CT molecular complexity index is 484. The predicted molar refractivity (Wildman–Crippen MR) is 73.1 cm³/mol. The number of nitrogens with two attached hydrogens (primary N) is 1. The van der Waals surface area contributed by atoms with Crippen LogP contribution in [0.25, 0.3) is 0 Å². The molecule has 1 atom stereocenters. The Morgan fingerprint density at radius 2 is 2.05 bits per heavy atom. The van der Waals surface area contributed by atoms with E-state index in [2.05, 4.69) is 4.90 Å².